The molecule has 12 nitrogen and oxygen atoms in total. The Balaban J connectivity index is 1.47. The van der Waals surface area contributed by atoms with Gasteiger partial charge in [0.05, 0.1) is 23.9 Å². The quantitative estimate of drug-likeness (QED) is 0.323. The highest BCUT2D eigenvalue weighted by molar-refractivity contribution is 7.47. The average Bonchev–Trinajstić information content (AvgIpc) is 3.46. The van der Waals surface area contributed by atoms with Crippen LogP contribution in [-0.2, 0) is 23.3 Å². The number of hydrogen-bond acceptors (Lipinski definition) is 10. The highest BCUT2D eigenvalue weighted by Crippen LogP contribution is 2.53. The van der Waals surface area contributed by atoms with Gasteiger partial charge in [-0.05, 0) is 44.8 Å². The third-order valence-corrected chi connectivity index (χ3v) is 7.21. The van der Waals surface area contributed by atoms with Gasteiger partial charge in [-0.1, -0.05) is 23.7 Å². The van der Waals surface area contributed by atoms with E-state index in [0.717, 1.165) is 0 Å². The zero-order valence-corrected chi connectivity index (χ0v) is 21.1. The largest absolute Gasteiger partial charge is 0.527 e. The lowest BCUT2D eigenvalue weighted by Crippen LogP contribution is -2.49. The van der Waals surface area contributed by atoms with Gasteiger partial charge in [-0.3, -0.25) is 14.4 Å². The van der Waals surface area contributed by atoms with Crippen molar-refractivity contribution in [3.05, 3.63) is 53.4 Å². The third-order valence-electron chi connectivity index (χ3n) is 6.01. The molecule has 2 aliphatic heterocycles. The number of fused-ring (bicyclic) bond motifs is 2. The van der Waals surface area contributed by atoms with Crippen LogP contribution in [0.4, 0.5) is 5.82 Å². The van der Waals surface area contributed by atoms with E-state index >= 15 is 0 Å². The lowest BCUT2D eigenvalue weighted by molar-refractivity contribution is -0.214. The first-order valence-electron chi connectivity index (χ1n) is 11.0. The molecule has 0 bridgehead atoms. The number of rotatable bonds is 8. The molecule has 2 fully saturated rings. The molecule has 1 aromatic carbocycles. The number of hydrogen-bond donors (Lipinski definition) is 2. The Morgan fingerprint density at radius 1 is 1.28 bits per heavy atom. The molecular weight excluding hydrogens is 513 g/mol. The van der Waals surface area contributed by atoms with Crippen molar-refractivity contribution in [3.63, 3.8) is 0 Å². The predicted molar refractivity (Wildman–Crippen MR) is 130 cm³/mol. The van der Waals surface area contributed by atoms with E-state index in [9.17, 15) is 9.46 Å². The van der Waals surface area contributed by atoms with Crippen LogP contribution in [0.3, 0.4) is 0 Å². The zero-order chi connectivity index (χ0) is 25.7. The Hall–Kier alpha value is -2.57. The summed E-state index contributed by atoms with van der Waals surface area (Å²) < 4.78 is 43.9. The first kappa shape index (κ1) is 25.1. The number of aromatic nitrogens is 3. The van der Waals surface area contributed by atoms with Crippen LogP contribution in [0.5, 0.6) is 5.75 Å². The van der Waals surface area contributed by atoms with Crippen LogP contribution in [-0.4, -0.2) is 63.0 Å². The van der Waals surface area contributed by atoms with Gasteiger partial charge in [0.25, 0.3) is 0 Å². The molecule has 3 aromatic rings. The van der Waals surface area contributed by atoms with Crippen molar-refractivity contribution >= 4 is 37.5 Å². The van der Waals surface area contributed by atoms with E-state index in [4.69, 9.17) is 40.6 Å². The molecular formula is C22H25ClN5O7P. The Morgan fingerprint density at radius 2 is 2.06 bits per heavy atom. The summed E-state index contributed by atoms with van der Waals surface area (Å²) in [7, 11) is -4.62. The minimum Gasteiger partial charge on any atom is -0.403 e. The molecule has 2 aliphatic rings. The van der Waals surface area contributed by atoms with Gasteiger partial charge in [0.15, 0.2) is 11.6 Å². The van der Waals surface area contributed by atoms with Crippen molar-refractivity contribution in [1.82, 2.24) is 14.6 Å². The molecule has 0 spiro atoms. The van der Waals surface area contributed by atoms with E-state index in [-0.39, 0.29) is 17.3 Å². The molecule has 3 N–H and O–H groups in total. The number of aliphatic imine (C=N–C) groups is 1. The molecule has 4 heterocycles. The van der Waals surface area contributed by atoms with Crippen molar-refractivity contribution in [2.45, 2.75) is 43.5 Å². The van der Waals surface area contributed by atoms with Crippen LogP contribution in [0.2, 0.25) is 5.02 Å². The first-order chi connectivity index (χ1) is 17.0. The Bertz CT molecular complexity index is 1350. The van der Waals surface area contributed by atoms with Gasteiger partial charge in [-0.2, -0.15) is 5.10 Å². The number of nitrogens with two attached hydrogens (primary N) is 1. The van der Waals surface area contributed by atoms with Gasteiger partial charge in [0.2, 0.25) is 0 Å². The maximum atomic E-state index is 12.8. The number of phosphoric acid groups is 1. The molecule has 5 rings (SSSR count). The highest BCUT2D eigenvalue weighted by atomic mass is 35.5. The van der Waals surface area contributed by atoms with Crippen molar-refractivity contribution in [2.75, 3.05) is 18.9 Å². The lowest BCUT2D eigenvalue weighted by Gasteiger charge is -2.33. The standard InChI is InChI=1S/C22H25ClN5O7P/c1-21(2)32-18-17(14-8-9-15-20(24)26-12-27-28(14)15)33-22(10-25-3,19(18)34-21)11-31-36(29,30)35-16-7-5-4-6-13(16)23/h4-9,12,17-19H,3,10-11H2,1-2H3,(H,29,30)(H2,24,26,27)/t17-,18-,19-,22+/m0/s1. The number of anilines is 1. The van der Waals surface area contributed by atoms with Crippen molar-refractivity contribution in [1.29, 1.82) is 0 Å². The van der Waals surface area contributed by atoms with Crippen LogP contribution in [0, 0.1) is 0 Å². The van der Waals surface area contributed by atoms with Gasteiger partial charge in [-0.15, -0.1) is 0 Å². The second kappa shape index (κ2) is 9.07. The summed E-state index contributed by atoms with van der Waals surface area (Å²) in [6.07, 6.45) is -0.721. The molecule has 0 saturated carbocycles. The monoisotopic (exact) mass is 537 g/mol. The fourth-order valence-electron chi connectivity index (χ4n) is 4.56. The molecule has 0 amide bonds. The van der Waals surface area contributed by atoms with E-state index < -0.39 is 44.1 Å². The number of phosphoric ester groups is 1. The van der Waals surface area contributed by atoms with Gasteiger partial charge in [-0.25, -0.2) is 14.1 Å². The summed E-state index contributed by atoms with van der Waals surface area (Å²) in [6.45, 7) is 6.69. The summed E-state index contributed by atoms with van der Waals surface area (Å²) in [5, 5.41) is 4.45. The molecule has 2 aromatic heterocycles. The van der Waals surface area contributed by atoms with Gasteiger partial charge in [0, 0.05) is 0 Å². The second-order valence-corrected chi connectivity index (χ2v) is 10.8. The number of halogens is 1. The van der Waals surface area contributed by atoms with Crippen LogP contribution in [0.1, 0.15) is 25.6 Å². The predicted octanol–water partition coefficient (Wildman–Crippen LogP) is 3.19. The van der Waals surface area contributed by atoms with Gasteiger partial charge < -0.3 is 24.5 Å². The molecule has 36 heavy (non-hydrogen) atoms. The Morgan fingerprint density at radius 3 is 2.81 bits per heavy atom. The normalized spacial score (nSPS) is 28.6. The summed E-state index contributed by atoms with van der Waals surface area (Å²) in [5.74, 6) is -0.667. The lowest BCUT2D eigenvalue weighted by atomic mass is 9.95. The summed E-state index contributed by atoms with van der Waals surface area (Å²) >= 11 is 6.06. The molecule has 0 aliphatic carbocycles. The van der Waals surface area contributed by atoms with E-state index in [0.29, 0.717) is 17.0 Å². The SMILES string of the molecule is C=NC[C@]1(COP(=O)(O)Oc2ccccc2Cl)O[C@@H](c2ccc3c(N)ncnn23)[C@@H]2OC(C)(C)O[C@@H]21. The third kappa shape index (κ3) is 4.50. The molecule has 0 radical (unpaired) electrons. The van der Waals surface area contributed by atoms with Crippen LogP contribution in [0.15, 0.2) is 47.7 Å². The van der Waals surface area contributed by atoms with Crippen molar-refractivity contribution in [2.24, 2.45) is 4.99 Å². The fourth-order valence-corrected chi connectivity index (χ4v) is 5.63. The smallest absolute Gasteiger partial charge is 0.403 e. The summed E-state index contributed by atoms with van der Waals surface area (Å²) in [6, 6.07) is 9.83. The molecule has 14 heteroatoms. The van der Waals surface area contributed by atoms with Gasteiger partial charge in [0.1, 0.15) is 41.5 Å². The Labute approximate surface area is 211 Å². The molecule has 1 unspecified atom stereocenters. The molecule has 5 atom stereocenters. The van der Waals surface area contributed by atoms with E-state index in [1.807, 2.05) is 0 Å². The van der Waals surface area contributed by atoms with Gasteiger partial charge >= 0.3 is 7.82 Å². The molecule has 2 saturated heterocycles. The number of para-hydroxylation sites is 1. The minimum atomic E-state index is -4.62. The van der Waals surface area contributed by atoms with Crippen molar-refractivity contribution in [3.8, 4) is 5.75 Å². The highest BCUT2D eigenvalue weighted by Gasteiger charge is 2.64. The topological polar surface area (TPSA) is 152 Å². The first-order valence-corrected chi connectivity index (χ1v) is 12.9. The van der Waals surface area contributed by atoms with E-state index in [1.54, 1.807) is 42.6 Å². The second-order valence-electron chi connectivity index (χ2n) is 8.97. The van der Waals surface area contributed by atoms with Crippen LogP contribution < -0.4 is 10.3 Å². The number of ether oxygens (including phenoxy) is 3. The number of benzene rings is 1. The van der Waals surface area contributed by atoms with E-state index in [1.165, 1.54) is 18.5 Å². The minimum absolute atomic E-state index is 0.00231. The summed E-state index contributed by atoms with van der Waals surface area (Å²) in [5.41, 5.74) is 5.87. The average molecular weight is 538 g/mol. The van der Waals surface area contributed by atoms with Crippen LogP contribution >= 0.6 is 19.4 Å². The fraction of sp³-hybridized carbons (Fsp3) is 0.409. The Kier molecular flexibility index (Phi) is 6.32. The van der Waals surface area contributed by atoms with Crippen molar-refractivity contribution < 1.29 is 32.7 Å². The van der Waals surface area contributed by atoms with Crippen LogP contribution in [0.25, 0.3) is 5.52 Å². The molecule has 192 valence electrons. The maximum Gasteiger partial charge on any atom is 0.527 e. The van der Waals surface area contributed by atoms with E-state index in [2.05, 4.69) is 21.8 Å². The zero-order valence-electron chi connectivity index (χ0n) is 19.5. The maximum absolute atomic E-state index is 12.8. The number of nitrogen functional groups attached to an aromatic ring is 1. The number of nitrogens with zero attached hydrogens (tertiary/aromatic N) is 4. The summed E-state index contributed by atoms with van der Waals surface area (Å²) in [4.78, 5) is 18.5.